The fourth-order valence-corrected chi connectivity index (χ4v) is 2.83. The van der Waals surface area contributed by atoms with Crippen LogP contribution in [0.5, 0.6) is 0 Å². The van der Waals surface area contributed by atoms with Gasteiger partial charge in [-0.15, -0.1) is 0 Å². The molecule has 0 bridgehead atoms. The fraction of sp³-hybridized carbons (Fsp3) is 0.600. The van der Waals surface area contributed by atoms with Gasteiger partial charge in [-0.2, -0.15) is 13.2 Å². The maximum atomic E-state index is 12.5. The minimum atomic E-state index is -4.48. The minimum absolute atomic E-state index is 0.357. The SMILES string of the molecule is CN1CCC(CC(C(N)=O)c2ccc(C(F)(F)F)nc2)CC1. The van der Waals surface area contributed by atoms with Gasteiger partial charge in [0, 0.05) is 6.20 Å². The van der Waals surface area contributed by atoms with Crippen LogP contribution in [-0.4, -0.2) is 35.9 Å². The van der Waals surface area contributed by atoms with E-state index >= 15 is 0 Å². The lowest BCUT2D eigenvalue weighted by atomic mass is 9.84. The van der Waals surface area contributed by atoms with Gasteiger partial charge in [0.1, 0.15) is 5.69 Å². The second-order valence-corrected chi connectivity index (χ2v) is 5.91. The third-order valence-electron chi connectivity index (χ3n) is 4.23. The molecule has 7 heteroatoms. The van der Waals surface area contributed by atoms with E-state index in [4.69, 9.17) is 5.73 Å². The van der Waals surface area contributed by atoms with Crippen LogP contribution in [0.4, 0.5) is 13.2 Å². The van der Waals surface area contributed by atoms with Crippen molar-refractivity contribution < 1.29 is 18.0 Å². The molecule has 4 nitrogen and oxygen atoms in total. The monoisotopic (exact) mass is 315 g/mol. The van der Waals surface area contributed by atoms with Gasteiger partial charge in [-0.25, -0.2) is 0 Å². The van der Waals surface area contributed by atoms with Crippen molar-refractivity contribution in [2.75, 3.05) is 20.1 Å². The molecule has 0 aromatic carbocycles. The van der Waals surface area contributed by atoms with Crippen LogP contribution in [0, 0.1) is 5.92 Å². The minimum Gasteiger partial charge on any atom is -0.369 e. The Kier molecular flexibility index (Phi) is 5.05. The molecular formula is C15H20F3N3O. The first-order valence-corrected chi connectivity index (χ1v) is 7.28. The number of alkyl halides is 3. The Morgan fingerprint density at radius 1 is 1.41 bits per heavy atom. The number of hydrogen-bond donors (Lipinski definition) is 1. The molecule has 1 aromatic rings. The van der Waals surface area contributed by atoms with Crippen molar-refractivity contribution in [2.45, 2.75) is 31.4 Å². The molecule has 2 rings (SSSR count). The standard InChI is InChI=1S/C15H20F3N3O/c1-21-6-4-10(5-7-21)8-12(14(19)22)11-2-3-13(20-9-11)15(16,17)18/h2-3,9-10,12H,4-8H2,1H3,(H2,19,22). The maximum absolute atomic E-state index is 12.5. The van der Waals surface area contributed by atoms with Crippen molar-refractivity contribution in [3.63, 3.8) is 0 Å². The molecule has 1 amide bonds. The summed E-state index contributed by atoms with van der Waals surface area (Å²) in [6.45, 7) is 1.92. The van der Waals surface area contributed by atoms with Gasteiger partial charge in [0.05, 0.1) is 5.92 Å². The zero-order valence-electron chi connectivity index (χ0n) is 12.4. The van der Waals surface area contributed by atoms with Crippen LogP contribution < -0.4 is 5.73 Å². The summed E-state index contributed by atoms with van der Waals surface area (Å²) < 4.78 is 37.6. The van der Waals surface area contributed by atoms with E-state index in [1.54, 1.807) is 0 Å². The van der Waals surface area contributed by atoms with Gasteiger partial charge in [-0.05, 0) is 56.9 Å². The predicted octanol–water partition coefficient (Wildman–Crippen LogP) is 2.40. The highest BCUT2D eigenvalue weighted by molar-refractivity contribution is 5.81. The van der Waals surface area contributed by atoms with E-state index in [1.165, 1.54) is 6.07 Å². The summed E-state index contributed by atoms with van der Waals surface area (Å²) in [5, 5.41) is 0. The van der Waals surface area contributed by atoms with Crippen LogP contribution in [0.25, 0.3) is 0 Å². The Balaban J connectivity index is 2.09. The smallest absolute Gasteiger partial charge is 0.369 e. The second kappa shape index (κ2) is 6.64. The van der Waals surface area contributed by atoms with Crippen LogP contribution >= 0.6 is 0 Å². The van der Waals surface area contributed by atoms with E-state index in [-0.39, 0.29) is 0 Å². The number of piperidine rings is 1. The first kappa shape index (κ1) is 16.7. The molecule has 1 aliphatic heterocycles. The number of aromatic nitrogens is 1. The topological polar surface area (TPSA) is 59.2 Å². The lowest BCUT2D eigenvalue weighted by Crippen LogP contribution is -2.32. The van der Waals surface area contributed by atoms with Gasteiger partial charge < -0.3 is 10.6 Å². The highest BCUT2D eigenvalue weighted by Crippen LogP contribution is 2.31. The van der Waals surface area contributed by atoms with Crippen molar-refractivity contribution in [3.05, 3.63) is 29.6 Å². The summed E-state index contributed by atoms with van der Waals surface area (Å²) in [5.41, 5.74) is 4.94. The molecular weight excluding hydrogens is 295 g/mol. The predicted molar refractivity (Wildman–Crippen MR) is 76.0 cm³/mol. The Morgan fingerprint density at radius 2 is 2.05 bits per heavy atom. The van der Waals surface area contributed by atoms with Crippen molar-refractivity contribution in [3.8, 4) is 0 Å². The molecule has 1 fully saturated rings. The first-order valence-electron chi connectivity index (χ1n) is 7.28. The number of halogens is 3. The molecule has 2 heterocycles. The number of likely N-dealkylation sites (tertiary alicyclic amines) is 1. The number of hydrogen-bond acceptors (Lipinski definition) is 3. The maximum Gasteiger partial charge on any atom is 0.433 e. The molecule has 22 heavy (non-hydrogen) atoms. The van der Waals surface area contributed by atoms with Gasteiger partial charge in [-0.3, -0.25) is 9.78 Å². The van der Waals surface area contributed by atoms with Crippen LogP contribution in [0.2, 0.25) is 0 Å². The molecule has 1 aromatic heterocycles. The molecule has 1 unspecified atom stereocenters. The van der Waals surface area contributed by atoms with Gasteiger partial charge in [0.25, 0.3) is 0 Å². The molecule has 1 atom stereocenters. The molecule has 1 aliphatic rings. The average Bonchev–Trinajstić information content (AvgIpc) is 2.45. The molecule has 0 spiro atoms. The molecule has 0 aliphatic carbocycles. The van der Waals surface area contributed by atoms with E-state index in [0.29, 0.717) is 17.9 Å². The van der Waals surface area contributed by atoms with Gasteiger partial charge in [-0.1, -0.05) is 6.07 Å². The Bertz CT molecular complexity index is 508. The molecule has 0 saturated carbocycles. The summed E-state index contributed by atoms with van der Waals surface area (Å²) in [6.07, 6.45) is -0.860. The van der Waals surface area contributed by atoms with Crippen molar-refractivity contribution in [2.24, 2.45) is 11.7 Å². The molecule has 1 saturated heterocycles. The van der Waals surface area contributed by atoms with E-state index in [9.17, 15) is 18.0 Å². The second-order valence-electron chi connectivity index (χ2n) is 5.91. The van der Waals surface area contributed by atoms with E-state index in [1.807, 2.05) is 7.05 Å². The summed E-state index contributed by atoms with van der Waals surface area (Å²) >= 11 is 0. The van der Waals surface area contributed by atoms with Gasteiger partial charge in [0.15, 0.2) is 0 Å². The van der Waals surface area contributed by atoms with Gasteiger partial charge >= 0.3 is 6.18 Å². The van der Waals surface area contributed by atoms with E-state index < -0.39 is 23.7 Å². The fourth-order valence-electron chi connectivity index (χ4n) is 2.83. The summed E-state index contributed by atoms with van der Waals surface area (Å²) in [4.78, 5) is 17.3. The zero-order valence-corrected chi connectivity index (χ0v) is 12.4. The largest absolute Gasteiger partial charge is 0.433 e. The lowest BCUT2D eigenvalue weighted by Gasteiger charge is -2.30. The van der Waals surface area contributed by atoms with E-state index in [0.717, 1.165) is 38.2 Å². The lowest BCUT2D eigenvalue weighted by molar-refractivity contribution is -0.141. The normalized spacial score (nSPS) is 19.1. The number of amides is 1. The third-order valence-corrected chi connectivity index (χ3v) is 4.23. The number of carbonyl (C=O) groups excluding carboxylic acids is 1. The average molecular weight is 315 g/mol. The Labute approximate surface area is 127 Å². The quantitative estimate of drug-likeness (QED) is 0.928. The third kappa shape index (κ3) is 4.19. The number of nitrogens with zero attached hydrogens (tertiary/aromatic N) is 2. The summed E-state index contributed by atoms with van der Waals surface area (Å²) in [6, 6.07) is 2.21. The molecule has 0 radical (unpaired) electrons. The number of nitrogens with two attached hydrogens (primary N) is 1. The van der Waals surface area contributed by atoms with E-state index in [2.05, 4.69) is 9.88 Å². The highest BCUT2D eigenvalue weighted by atomic mass is 19.4. The summed E-state index contributed by atoms with van der Waals surface area (Å²) in [5.74, 6) is -0.736. The van der Waals surface area contributed by atoms with Gasteiger partial charge in [0.2, 0.25) is 5.91 Å². The van der Waals surface area contributed by atoms with Crippen LogP contribution in [0.3, 0.4) is 0 Å². The van der Waals surface area contributed by atoms with Crippen molar-refractivity contribution in [1.29, 1.82) is 0 Å². The molecule has 2 N–H and O–H groups in total. The summed E-state index contributed by atoms with van der Waals surface area (Å²) in [7, 11) is 2.04. The van der Waals surface area contributed by atoms with Crippen molar-refractivity contribution in [1.82, 2.24) is 9.88 Å². The number of pyridine rings is 1. The van der Waals surface area contributed by atoms with Crippen LogP contribution in [-0.2, 0) is 11.0 Å². The Morgan fingerprint density at radius 3 is 2.50 bits per heavy atom. The van der Waals surface area contributed by atoms with Crippen molar-refractivity contribution >= 4 is 5.91 Å². The number of rotatable bonds is 4. The highest BCUT2D eigenvalue weighted by Gasteiger charge is 2.33. The zero-order chi connectivity index (χ0) is 16.3. The number of primary amides is 1. The molecule has 122 valence electrons. The Hall–Kier alpha value is -1.63. The van der Waals surface area contributed by atoms with Crippen LogP contribution in [0.15, 0.2) is 18.3 Å². The van der Waals surface area contributed by atoms with Crippen LogP contribution in [0.1, 0.15) is 36.4 Å². The first-order chi connectivity index (χ1) is 10.3. The number of carbonyl (C=O) groups is 1.